The fourth-order valence-corrected chi connectivity index (χ4v) is 1.88. The van der Waals surface area contributed by atoms with Gasteiger partial charge in [-0.15, -0.1) is 0 Å². The Morgan fingerprint density at radius 2 is 2.31 bits per heavy atom. The van der Waals surface area contributed by atoms with E-state index in [1.54, 1.807) is 11.7 Å². The molecule has 0 radical (unpaired) electrons. The van der Waals surface area contributed by atoms with Crippen LogP contribution in [0.15, 0.2) is 4.47 Å². The van der Waals surface area contributed by atoms with Crippen molar-refractivity contribution in [3.8, 4) is 0 Å². The summed E-state index contributed by atoms with van der Waals surface area (Å²) >= 11 is 3.24. The average molecular weight is 247 g/mol. The largest absolute Gasteiger partial charge is 0.476 e. The monoisotopic (exact) mass is 246 g/mol. The third-order valence-corrected chi connectivity index (χ3v) is 2.62. The zero-order valence-electron chi connectivity index (χ0n) is 7.54. The molecule has 1 rings (SSSR count). The lowest BCUT2D eigenvalue weighted by atomic mass is 10.2. The molecule has 1 heterocycles. The highest BCUT2D eigenvalue weighted by molar-refractivity contribution is 9.10. The molecule has 0 fully saturated rings. The fraction of sp³-hybridized carbons (Fsp3) is 0.500. The number of aromatic carboxylic acids is 1. The number of carboxylic acid groups (broad SMARTS) is 1. The van der Waals surface area contributed by atoms with Gasteiger partial charge in [0.15, 0.2) is 5.69 Å². The van der Waals surface area contributed by atoms with Crippen LogP contribution in [0.4, 0.5) is 0 Å². The predicted octanol–water partition coefficient (Wildman–Crippen LogP) is 1.83. The molecule has 0 saturated heterocycles. The number of halogens is 1. The van der Waals surface area contributed by atoms with Crippen LogP contribution in [0.1, 0.15) is 29.5 Å². The number of carboxylic acids is 1. The summed E-state index contributed by atoms with van der Waals surface area (Å²) in [6.07, 6.45) is 1.80. The maximum absolute atomic E-state index is 10.7. The molecule has 0 amide bonds. The van der Waals surface area contributed by atoms with Crippen LogP contribution in [-0.2, 0) is 13.5 Å². The van der Waals surface area contributed by atoms with Gasteiger partial charge in [0.25, 0.3) is 0 Å². The molecule has 0 spiro atoms. The Balaban J connectivity index is 3.14. The number of hydrogen-bond donors (Lipinski definition) is 1. The molecule has 72 valence electrons. The molecule has 0 aromatic carbocycles. The van der Waals surface area contributed by atoms with Crippen LogP contribution in [0.3, 0.4) is 0 Å². The van der Waals surface area contributed by atoms with Crippen molar-refractivity contribution < 1.29 is 9.90 Å². The van der Waals surface area contributed by atoms with Crippen LogP contribution in [0.25, 0.3) is 0 Å². The van der Waals surface area contributed by atoms with Gasteiger partial charge >= 0.3 is 5.97 Å². The van der Waals surface area contributed by atoms with Crippen molar-refractivity contribution in [2.75, 3.05) is 0 Å². The van der Waals surface area contributed by atoms with Gasteiger partial charge in [-0.1, -0.05) is 13.3 Å². The smallest absolute Gasteiger partial charge is 0.357 e. The van der Waals surface area contributed by atoms with Gasteiger partial charge in [-0.3, -0.25) is 4.68 Å². The minimum absolute atomic E-state index is 0.0888. The second-order valence-electron chi connectivity index (χ2n) is 2.79. The lowest BCUT2D eigenvalue weighted by Crippen LogP contribution is -2.00. The highest BCUT2D eigenvalue weighted by atomic mass is 79.9. The summed E-state index contributed by atoms with van der Waals surface area (Å²) in [5.41, 5.74) is 1.02. The highest BCUT2D eigenvalue weighted by Crippen LogP contribution is 2.22. The first-order chi connectivity index (χ1) is 6.07. The second-order valence-corrected chi connectivity index (χ2v) is 3.58. The lowest BCUT2D eigenvalue weighted by molar-refractivity contribution is 0.0688. The van der Waals surface area contributed by atoms with Crippen molar-refractivity contribution in [3.05, 3.63) is 15.9 Å². The Kier molecular flexibility index (Phi) is 3.08. The first-order valence-electron chi connectivity index (χ1n) is 4.02. The van der Waals surface area contributed by atoms with Crippen molar-refractivity contribution >= 4 is 21.9 Å². The van der Waals surface area contributed by atoms with E-state index in [4.69, 9.17) is 5.11 Å². The molecule has 0 atom stereocenters. The van der Waals surface area contributed by atoms with Gasteiger partial charge in [0, 0.05) is 7.05 Å². The highest BCUT2D eigenvalue weighted by Gasteiger charge is 2.17. The van der Waals surface area contributed by atoms with E-state index >= 15 is 0 Å². The number of hydrogen-bond acceptors (Lipinski definition) is 2. The molecule has 13 heavy (non-hydrogen) atoms. The van der Waals surface area contributed by atoms with Gasteiger partial charge in [-0.2, -0.15) is 5.10 Å². The minimum Gasteiger partial charge on any atom is -0.476 e. The summed E-state index contributed by atoms with van der Waals surface area (Å²) in [4.78, 5) is 10.7. The maximum Gasteiger partial charge on any atom is 0.357 e. The van der Waals surface area contributed by atoms with E-state index in [1.807, 2.05) is 6.92 Å². The molecule has 0 saturated carbocycles. The van der Waals surface area contributed by atoms with Crippen LogP contribution in [-0.4, -0.2) is 20.9 Å². The number of carbonyl (C=O) groups is 1. The van der Waals surface area contributed by atoms with Crippen LogP contribution >= 0.6 is 15.9 Å². The lowest BCUT2D eigenvalue weighted by Gasteiger charge is -1.98. The summed E-state index contributed by atoms with van der Waals surface area (Å²) in [5.74, 6) is -0.996. The van der Waals surface area contributed by atoms with Crippen LogP contribution in [0, 0.1) is 0 Å². The molecule has 5 heteroatoms. The van der Waals surface area contributed by atoms with E-state index in [0.717, 1.165) is 18.5 Å². The molecule has 0 unspecified atom stereocenters. The molecular weight excluding hydrogens is 236 g/mol. The van der Waals surface area contributed by atoms with Gasteiger partial charge in [0.05, 0.1) is 10.2 Å². The Hall–Kier alpha value is -0.840. The summed E-state index contributed by atoms with van der Waals surface area (Å²) in [6.45, 7) is 2.04. The van der Waals surface area contributed by atoms with Crippen LogP contribution in [0.5, 0.6) is 0 Å². The number of rotatable bonds is 3. The Labute approximate surface area is 84.7 Å². The zero-order chi connectivity index (χ0) is 10.0. The van der Waals surface area contributed by atoms with Gasteiger partial charge < -0.3 is 5.11 Å². The van der Waals surface area contributed by atoms with Gasteiger partial charge in [-0.25, -0.2) is 4.79 Å². The molecule has 1 aromatic rings. The van der Waals surface area contributed by atoms with Crippen LogP contribution < -0.4 is 0 Å². The Morgan fingerprint density at radius 3 is 2.69 bits per heavy atom. The molecule has 0 aliphatic heterocycles. The number of aromatic nitrogens is 2. The number of aryl methyl sites for hydroxylation is 1. The molecule has 4 nitrogen and oxygen atoms in total. The molecular formula is C8H11BrN2O2. The topological polar surface area (TPSA) is 55.1 Å². The quantitative estimate of drug-likeness (QED) is 0.886. The summed E-state index contributed by atoms with van der Waals surface area (Å²) < 4.78 is 2.21. The fourth-order valence-electron chi connectivity index (χ4n) is 1.18. The van der Waals surface area contributed by atoms with E-state index < -0.39 is 5.97 Å². The average Bonchev–Trinajstić information content (AvgIpc) is 2.32. The number of nitrogens with zero attached hydrogens (tertiary/aromatic N) is 2. The molecule has 1 aromatic heterocycles. The van der Waals surface area contributed by atoms with E-state index in [0.29, 0.717) is 4.47 Å². The van der Waals surface area contributed by atoms with Gasteiger partial charge in [0.1, 0.15) is 0 Å². The molecule has 1 N–H and O–H groups in total. The van der Waals surface area contributed by atoms with Crippen molar-refractivity contribution in [3.63, 3.8) is 0 Å². The first-order valence-corrected chi connectivity index (χ1v) is 4.81. The van der Waals surface area contributed by atoms with Crippen molar-refractivity contribution in [1.82, 2.24) is 9.78 Å². The predicted molar refractivity (Wildman–Crippen MR) is 51.9 cm³/mol. The van der Waals surface area contributed by atoms with Crippen molar-refractivity contribution in [2.45, 2.75) is 19.8 Å². The molecule has 0 bridgehead atoms. The SMILES string of the molecule is CCCc1c(Br)c(C(=O)O)nn1C. The summed E-state index contributed by atoms with van der Waals surface area (Å²) in [7, 11) is 1.75. The molecule has 0 aliphatic rings. The van der Waals surface area contributed by atoms with Crippen molar-refractivity contribution in [2.24, 2.45) is 7.05 Å². The zero-order valence-corrected chi connectivity index (χ0v) is 9.13. The normalized spacial score (nSPS) is 10.4. The standard InChI is InChI=1S/C8H11BrN2O2/c1-3-4-5-6(9)7(8(12)13)10-11(5)2/h3-4H2,1-2H3,(H,12,13). The van der Waals surface area contributed by atoms with Crippen molar-refractivity contribution in [1.29, 1.82) is 0 Å². The Morgan fingerprint density at radius 1 is 1.69 bits per heavy atom. The van der Waals surface area contributed by atoms with Crippen LogP contribution in [0.2, 0.25) is 0 Å². The van der Waals surface area contributed by atoms with E-state index in [-0.39, 0.29) is 5.69 Å². The summed E-state index contributed by atoms with van der Waals surface area (Å²) in [5, 5.41) is 12.7. The van der Waals surface area contributed by atoms with E-state index in [9.17, 15) is 4.79 Å². The van der Waals surface area contributed by atoms with E-state index in [2.05, 4.69) is 21.0 Å². The molecule has 0 aliphatic carbocycles. The minimum atomic E-state index is -0.996. The Bertz CT molecular complexity index is 333. The van der Waals surface area contributed by atoms with Gasteiger partial charge in [-0.05, 0) is 22.4 Å². The maximum atomic E-state index is 10.7. The van der Waals surface area contributed by atoms with Gasteiger partial charge in [0.2, 0.25) is 0 Å². The second kappa shape index (κ2) is 3.91. The third kappa shape index (κ3) is 1.91. The first kappa shape index (κ1) is 10.2. The summed E-state index contributed by atoms with van der Waals surface area (Å²) in [6, 6.07) is 0. The van der Waals surface area contributed by atoms with E-state index in [1.165, 1.54) is 0 Å². The third-order valence-electron chi connectivity index (χ3n) is 1.79.